The van der Waals surface area contributed by atoms with Crippen LogP contribution < -0.4 is 31.1 Å². The van der Waals surface area contributed by atoms with E-state index in [0.717, 1.165) is 0 Å². The molecular formula is C52H42Si2. The summed E-state index contributed by atoms with van der Waals surface area (Å²) in [5.41, 5.74) is 9.83. The van der Waals surface area contributed by atoms with E-state index in [0.29, 0.717) is 0 Å². The molecule has 2 heteroatoms. The van der Waals surface area contributed by atoms with Gasteiger partial charge in [0.05, 0.1) is 0 Å². The van der Waals surface area contributed by atoms with Crippen molar-refractivity contribution in [3.63, 3.8) is 0 Å². The average molecular weight is 723 g/mol. The van der Waals surface area contributed by atoms with Crippen molar-refractivity contribution >= 4 is 59.4 Å². The van der Waals surface area contributed by atoms with Gasteiger partial charge < -0.3 is 0 Å². The standard InChI is InChI=1S/C52H42Si2/c1-7-19-47(20-8-1)53(48-21-9-2-10-22-48,49-23-11-3-12-24-49)41-39-43-31-35-45(36-32-43)46-37-33-44(34-38-46)40-42-54(50-25-13-4-14-26-50,51-27-15-5-16-28-51)52-29-17-6-18-30-52/h1-42H/b41-39+,42-40+. The summed E-state index contributed by atoms with van der Waals surface area (Å²) in [6.07, 6.45) is 4.67. The average Bonchev–Trinajstić information content (AvgIpc) is 3.27. The predicted octanol–water partition coefficient (Wildman–Crippen LogP) is 8.80. The lowest BCUT2D eigenvalue weighted by Crippen LogP contribution is -2.66. The molecular weight excluding hydrogens is 681 g/mol. The van der Waals surface area contributed by atoms with Crippen LogP contribution >= 0.6 is 0 Å². The Hall–Kier alpha value is -6.33. The van der Waals surface area contributed by atoms with Gasteiger partial charge in [0, 0.05) is 0 Å². The Balaban J connectivity index is 1.10. The molecule has 0 aromatic heterocycles. The summed E-state index contributed by atoms with van der Waals surface area (Å²) in [6, 6.07) is 84.2. The van der Waals surface area contributed by atoms with Gasteiger partial charge in [-0.2, -0.15) is 0 Å². The minimum Gasteiger partial charge on any atom is -0.0812 e. The molecule has 0 bridgehead atoms. The largest absolute Gasteiger partial charge is 0.172 e. The minimum absolute atomic E-state index is 1.20. The van der Waals surface area contributed by atoms with Crippen LogP contribution in [0.15, 0.2) is 242 Å². The van der Waals surface area contributed by atoms with E-state index in [2.05, 4.69) is 254 Å². The molecule has 54 heavy (non-hydrogen) atoms. The fourth-order valence-electron chi connectivity index (χ4n) is 7.80. The van der Waals surface area contributed by atoms with Crippen molar-refractivity contribution < 1.29 is 0 Å². The van der Waals surface area contributed by atoms with Crippen LogP contribution in [-0.2, 0) is 0 Å². The summed E-state index contributed by atoms with van der Waals surface area (Å²) in [7, 11) is -4.92. The van der Waals surface area contributed by atoms with E-state index < -0.39 is 16.1 Å². The molecule has 0 spiro atoms. The quantitative estimate of drug-likeness (QED) is 0.0926. The lowest BCUT2D eigenvalue weighted by molar-refractivity contribution is 1.58. The van der Waals surface area contributed by atoms with Crippen molar-refractivity contribution in [1.29, 1.82) is 0 Å². The molecule has 0 fully saturated rings. The van der Waals surface area contributed by atoms with Gasteiger partial charge in [-0.25, -0.2) is 0 Å². The van der Waals surface area contributed by atoms with E-state index in [1.807, 2.05) is 0 Å². The maximum Gasteiger partial charge on any atom is 0.172 e. The zero-order valence-corrected chi connectivity index (χ0v) is 32.2. The van der Waals surface area contributed by atoms with Crippen LogP contribution in [0.3, 0.4) is 0 Å². The molecule has 0 aliphatic carbocycles. The van der Waals surface area contributed by atoms with Crippen LogP contribution in [0.25, 0.3) is 23.3 Å². The zero-order valence-electron chi connectivity index (χ0n) is 30.2. The Morgan fingerprint density at radius 3 is 0.630 bits per heavy atom. The first-order valence-corrected chi connectivity index (χ1v) is 22.8. The maximum absolute atomic E-state index is 2.51. The lowest BCUT2D eigenvalue weighted by Gasteiger charge is -2.30. The van der Waals surface area contributed by atoms with Crippen LogP contribution in [0.1, 0.15) is 11.1 Å². The van der Waals surface area contributed by atoms with Gasteiger partial charge in [0.25, 0.3) is 0 Å². The van der Waals surface area contributed by atoms with Crippen molar-refractivity contribution in [2.75, 3.05) is 0 Å². The van der Waals surface area contributed by atoms with Crippen molar-refractivity contribution in [2.24, 2.45) is 0 Å². The molecule has 8 rings (SSSR count). The molecule has 258 valence electrons. The van der Waals surface area contributed by atoms with Crippen LogP contribution in [0.2, 0.25) is 0 Å². The SMILES string of the molecule is C(=C\[Si](c1ccccc1)(c1ccccc1)c1ccccc1)/c1ccc(-c2ccc(/C=C/[Si](c3ccccc3)(c3ccccc3)c3ccccc3)cc2)cc1. The third-order valence-electron chi connectivity index (χ3n) is 10.6. The fraction of sp³-hybridized carbons (Fsp3) is 0. The summed E-state index contributed by atoms with van der Waals surface area (Å²) >= 11 is 0. The Kier molecular flexibility index (Phi) is 10.4. The van der Waals surface area contributed by atoms with Gasteiger partial charge in [-0.15, -0.1) is 0 Å². The lowest BCUT2D eigenvalue weighted by atomic mass is 10.0. The summed E-state index contributed by atoms with van der Waals surface area (Å²) < 4.78 is 0. The smallest absolute Gasteiger partial charge is 0.0812 e. The topological polar surface area (TPSA) is 0 Å². The molecule has 8 aromatic carbocycles. The molecule has 0 radical (unpaired) electrons. The Morgan fingerprint density at radius 1 is 0.222 bits per heavy atom. The van der Waals surface area contributed by atoms with Crippen molar-refractivity contribution in [3.8, 4) is 11.1 Å². The highest BCUT2D eigenvalue weighted by molar-refractivity contribution is 7.15. The summed E-state index contributed by atoms with van der Waals surface area (Å²) in [6.45, 7) is 0. The Labute approximate surface area is 322 Å². The number of hydrogen-bond donors (Lipinski definition) is 0. The minimum atomic E-state index is -2.46. The van der Waals surface area contributed by atoms with E-state index in [1.165, 1.54) is 53.4 Å². The molecule has 0 atom stereocenters. The first kappa shape index (κ1) is 34.7. The molecule has 0 saturated heterocycles. The highest BCUT2D eigenvalue weighted by Crippen LogP contribution is 2.23. The van der Waals surface area contributed by atoms with E-state index in [4.69, 9.17) is 0 Å². The number of benzene rings is 8. The van der Waals surface area contributed by atoms with Gasteiger partial charge in [-0.05, 0) is 53.4 Å². The third kappa shape index (κ3) is 7.05. The molecule has 0 aliphatic heterocycles. The number of rotatable bonds is 11. The second-order valence-electron chi connectivity index (χ2n) is 13.7. The van der Waals surface area contributed by atoms with Crippen LogP contribution in [0.5, 0.6) is 0 Å². The molecule has 0 amide bonds. The summed E-state index contributed by atoms with van der Waals surface area (Å²) in [5, 5.41) is 8.25. The van der Waals surface area contributed by atoms with Gasteiger partial charge >= 0.3 is 0 Å². The number of hydrogen-bond acceptors (Lipinski definition) is 0. The molecule has 0 N–H and O–H groups in total. The first-order valence-electron chi connectivity index (χ1n) is 18.7. The van der Waals surface area contributed by atoms with Crippen molar-refractivity contribution in [1.82, 2.24) is 0 Å². The van der Waals surface area contributed by atoms with E-state index in [1.54, 1.807) is 0 Å². The van der Waals surface area contributed by atoms with E-state index in [-0.39, 0.29) is 0 Å². The summed E-state index contributed by atoms with van der Waals surface area (Å²) in [5.74, 6) is 0. The first-order chi connectivity index (χ1) is 26.8. The van der Waals surface area contributed by atoms with Crippen LogP contribution in [-0.4, -0.2) is 16.1 Å². The molecule has 0 nitrogen and oxygen atoms in total. The van der Waals surface area contributed by atoms with Gasteiger partial charge in [0.2, 0.25) is 0 Å². The molecule has 0 unspecified atom stereocenters. The monoisotopic (exact) mass is 722 g/mol. The third-order valence-corrected chi connectivity index (χ3v) is 19.4. The van der Waals surface area contributed by atoms with Crippen LogP contribution in [0, 0.1) is 0 Å². The van der Waals surface area contributed by atoms with E-state index >= 15 is 0 Å². The molecule has 0 heterocycles. The zero-order chi connectivity index (χ0) is 36.5. The van der Waals surface area contributed by atoms with Gasteiger partial charge in [0.15, 0.2) is 16.1 Å². The summed E-state index contributed by atoms with van der Waals surface area (Å²) in [4.78, 5) is 0. The highest BCUT2D eigenvalue weighted by Gasteiger charge is 2.37. The van der Waals surface area contributed by atoms with Gasteiger partial charge in [-0.1, -0.05) is 254 Å². The second-order valence-corrected chi connectivity index (χ2v) is 21.1. The van der Waals surface area contributed by atoms with Gasteiger partial charge in [-0.3, -0.25) is 0 Å². The highest BCUT2D eigenvalue weighted by atomic mass is 28.3. The Bertz CT molecular complexity index is 2050. The normalized spacial score (nSPS) is 11.9. The van der Waals surface area contributed by atoms with Gasteiger partial charge in [0.1, 0.15) is 0 Å². The molecule has 8 aromatic rings. The van der Waals surface area contributed by atoms with Crippen molar-refractivity contribution in [3.05, 3.63) is 253 Å². The van der Waals surface area contributed by atoms with Crippen molar-refractivity contribution in [2.45, 2.75) is 0 Å². The fourth-order valence-corrected chi connectivity index (χ4v) is 16.1. The second kappa shape index (κ2) is 16.1. The Morgan fingerprint density at radius 2 is 0.426 bits per heavy atom. The maximum atomic E-state index is 2.51. The molecule has 0 saturated carbocycles. The predicted molar refractivity (Wildman–Crippen MR) is 238 cm³/mol. The van der Waals surface area contributed by atoms with E-state index in [9.17, 15) is 0 Å². The van der Waals surface area contributed by atoms with Crippen LogP contribution in [0.4, 0.5) is 0 Å². The molecule has 0 aliphatic rings.